The minimum Gasteiger partial charge on any atom is -0.381 e. The maximum Gasteiger partial charge on any atom is 0.0409 e. The maximum absolute atomic E-state index is 4.11. The molecular weight excluding hydrogens is 148 g/mol. The van der Waals surface area contributed by atoms with E-state index in [1.807, 2.05) is 18.5 Å². The molecule has 2 nitrogen and oxygen atoms in total. The van der Waals surface area contributed by atoms with Crippen LogP contribution in [-0.2, 0) is 6.42 Å². The number of fused-ring (bicyclic) bond motifs is 1. The van der Waals surface area contributed by atoms with Gasteiger partial charge in [-0.15, -0.1) is 0 Å². The molecule has 0 atom stereocenters. The minimum atomic E-state index is 0.933. The fourth-order valence-corrected chi connectivity index (χ4v) is 1.45. The standard InChI is InChI=1S/C10H12N2/c1-8-2-5-12-10-3-4-11-7-9(10)6-8/h2-4,7,12H,5-6H2,1H3. The van der Waals surface area contributed by atoms with Crippen LogP contribution in [0.1, 0.15) is 12.5 Å². The lowest BCUT2D eigenvalue weighted by Gasteiger charge is -2.05. The fraction of sp³-hybridized carbons (Fsp3) is 0.300. The van der Waals surface area contributed by atoms with Crippen molar-refractivity contribution in [3.05, 3.63) is 35.7 Å². The van der Waals surface area contributed by atoms with E-state index in [2.05, 4.69) is 23.3 Å². The summed E-state index contributed by atoms with van der Waals surface area (Å²) in [6.07, 6.45) is 7.01. The van der Waals surface area contributed by atoms with Gasteiger partial charge in [-0.05, 0) is 25.0 Å². The Balaban J connectivity index is 2.38. The number of rotatable bonds is 0. The Morgan fingerprint density at radius 1 is 1.50 bits per heavy atom. The average molecular weight is 160 g/mol. The van der Waals surface area contributed by atoms with E-state index in [0.717, 1.165) is 13.0 Å². The van der Waals surface area contributed by atoms with E-state index in [1.54, 1.807) is 0 Å². The molecule has 0 radical (unpaired) electrons. The van der Waals surface area contributed by atoms with Crippen molar-refractivity contribution in [2.24, 2.45) is 0 Å². The highest BCUT2D eigenvalue weighted by Crippen LogP contribution is 2.19. The van der Waals surface area contributed by atoms with Gasteiger partial charge >= 0.3 is 0 Å². The normalized spacial score (nSPS) is 15.6. The molecule has 62 valence electrons. The van der Waals surface area contributed by atoms with Gasteiger partial charge < -0.3 is 5.32 Å². The van der Waals surface area contributed by atoms with Crippen LogP contribution in [0.4, 0.5) is 5.69 Å². The van der Waals surface area contributed by atoms with Gasteiger partial charge in [0.25, 0.3) is 0 Å². The number of aromatic nitrogens is 1. The molecule has 0 spiro atoms. The van der Waals surface area contributed by atoms with Crippen molar-refractivity contribution in [2.75, 3.05) is 11.9 Å². The zero-order valence-corrected chi connectivity index (χ0v) is 7.17. The number of pyridine rings is 1. The topological polar surface area (TPSA) is 24.9 Å². The van der Waals surface area contributed by atoms with E-state index in [0.29, 0.717) is 0 Å². The summed E-state index contributed by atoms with van der Waals surface area (Å²) in [5.74, 6) is 0. The first-order chi connectivity index (χ1) is 5.86. The number of allylic oxidation sites excluding steroid dienone is 1. The molecule has 0 aliphatic carbocycles. The van der Waals surface area contributed by atoms with E-state index in [4.69, 9.17) is 0 Å². The van der Waals surface area contributed by atoms with Crippen LogP contribution in [0.25, 0.3) is 0 Å². The summed E-state index contributed by atoms with van der Waals surface area (Å²) < 4.78 is 0. The van der Waals surface area contributed by atoms with Crippen molar-refractivity contribution in [3.63, 3.8) is 0 Å². The molecule has 0 amide bonds. The third-order valence-electron chi connectivity index (χ3n) is 2.12. The summed E-state index contributed by atoms with van der Waals surface area (Å²) in [7, 11) is 0. The Labute approximate surface area is 72.3 Å². The van der Waals surface area contributed by atoms with Crippen molar-refractivity contribution in [1.29, 1.82) is 0 Å². The van der Waals surface area contributed by atoms with Crippen molar-refractivity contribution in [3.8, 4) is 0 Å². The Morgan fingerprint density at radius 3 is 3.33 bits per heavy atom. The van der Waals surface area contributed by atoms with Crippen LogP contribution in [0.15, 0.2) is 30.1 Å². The van der Waals surface area contributed by atoms with Crippen molar-refractivity contribution in [2.45, 2.75) is 13.3 Å². The molecule has 2 heteroatoms. The van der Waals surface area contributed by atoms with Gasteiger partial charge in [-0.25, -0.2) is 0 Å². The SMILES string of the molecule is CC1=CCNc2ccncc2C1. The number of anilines is 1. The van der Waals surface area contributed by atoms with Crippen molar-refractivity contribution in [1.82, 2.24) is 4.98 Å². The van der Waals surface area contributed by atoms with Crippen LogP contribution in [0.5, 0.6) is 0 Å². The van der Waals surface area contributed by atoms with Crippen LogP contribution in [0.3, 0.4) is 0 Å². The van der Waals surface area contributed by atoms with Crippen LogP contribution < -0.4 is 5.32 Å². The molecule has 0 bridgehead atoms. The molecule has 0 saturated heterocycles. The lowest BCUT2D eigenvalue weighted by atomic mass is 10.1. The molecular formula is C10H12N2. The maximum atomic E-state index is 4.11. The first kappa shape index (κ1) is 7.35. The third-order valence-corrected chi connectivity index (χ3v) is 2.12. The van der Waals surface area contributed by atoms with Gasteiger partial charge in [0.15, 0.2) is 0 Å². The summed E-state index contributed by atoms with van der Waals surface area (Å²) >= 11 is 0. The third kappa shape index (κ3) is 1.33. The number of nitrogens with zero attached hydrogens (tertiary/aromatic N) is 1. The Morgan fingerprint density at radius 2 is 2.42 bits per heavy atom. The van der Waals surface area contributed by atoms with Crippen LogP contribution >= 0.6 is 0 Å². The number of nitrogens with one attached hydrogen (secondary N) is 1. The zero-order chi connectivity index (χ0) is 8.39. The highest BCUT2D eigenvalue weighted by Gasteiger charge is 2.05. The molecule has 1 aromatic rings. The number of hydrogen-bond acceptors (Lipinski definition) is 2. The van der Waals surface area contributed by atoms with Gasteiger partial charge in [0.1, 0.15) is 0 Å². The zero-order valence-electron chi connectivity index (χ0n) is 7.17. The van der Waals surface area contributed by atoms with E-state index < -0.39 is 0 Å². The summed E-state index contributed by atoms with van der Waals surface area (Å²) in [4.78, 5) is 4.11. The van der Waals surface area contributed by atoms with E-state index in [9.17, 15) is 0 Å². The number of hydrogen-bond donors (Lipinski definition) is 1. The molecule has 0 unspecified atom stereocenters. The molecule has 1 N–H and O–H groups in total. The van der Waals surface area contributed by atoms with Crippen LogP contribution in [0, 0.1) is 0 Å². The lowest BCUT2D eigenvalue weighted by molar-refractivity contribution is 1.12. The van der Waals surface area contributed by atoms with E-state index >= 15 is 0 Å². The average Bonchev–Trinajstić information content (AvgIpc) is 2.25. The Hall–Kier alpha value is -1.31. The molecule has 2 rings (SSSR count). The first-order valence-corrected chi connectivity index (χ1v) is 4.18. The van der Waals surface area contributed by atoms with Gasteiger partial charge in [-0.2, -0.15) is 0 Å². The van der Waals surface area contributed by atoms with Crippen molar-refractivity contribution >= 4 is 5.69 Å². The highest BCUT2D eigenvalue weighted by atomic mass is 14.9. The lowest BCUT2D eigenvalue weighted by Crippen LogP contribution is -1.98. The molecule has 0 aromatic carbocycles. The molecule has 0 saturated carbocycles. The monoisotopic (exact) mass is 160 g/mol. The largest absolute Gasteiger partial charge is 0.381 e. The second kappa shape index (κ2) is 2.97. The molecule has 1 aliphatic heterocycles. The predicted octanol–water partition coefficient (Wildman–Crippen LogP) is 2.00. The molecule has 12 heavy (non-hydrogen) atoms. The summed E-state index contributed by atoms with van der Waals surface area (Å²) in [5, 5.41) is 3.34. The molecule has 1 aliphatic rings. The first-order valence-electron chi connectivity index (χ1n) is 4.18. The van der Waals surface area contributed by atoms with Gasteiger partial charge in [-0.3, -0.25) is 4.98 Å². The Kier molecular flexibility index (Phi) is 1.82. The molecule has 2 heterocycles. The van der Waals surface area contributed by atoms with Gasteiger partial charge in [0.05, 0.1) is 0 Å². The summed E-state index contributed by atoms with van der Waals surface area (Å²) in [6, 6.07) is 2.03. The predicted molar refractivity (Wildman–Crippen MR) is 50.2 cm³/mol. The molecule has 0 fully saturated rings. The van der Waals surface area contributed by atoms with Gasteiger partial charge in [0, 0.05) is 24.6 Å². The van der Waals surface area contributed by atoms with E-state index in [-0.39, 0.29) is 0 Å². The summed E-state index contributed by atoms with van der Waals surface area (Å²) in [6.45, 7) is 3.09. The Bertz CT molecular complexity index is 315. The van der Waals surface area contributed by atoms with E-state index in [1.165, 1.54) is 16.8 Å². The van der Waals surface area contributed by atoms with Crippen molar-refractivity contribution < 1.29 is 0 Å². The van der Waals surface area contributed by atoms with Gasteiger partial charge in [-0.1, -0.05) is 11.6 Å². The minimum absolute atomic E-state index is 0.933. The smallest absolute Gasteiger partial charge is 0.0409 e. The fourth-order valence-electron chi connectivity index (χ4n) is 1.45. The highest BCUT2D eigenvalue weighted by molar-refractivity contribution is 5.52. The van der Waals surface area contributed by atoms with Crippen LogP contribution in [-0.4, -0.2) is 11.5 Å². The quantitative estimate of drug-likeness (QED) is 0.587. The summed E-state index contributed by atoms with van der Waals surface area (Å²) in [5.41, 5.74) is 3.93. The van der Waals surface area contributed by atoms with Gasteiger partial charge in [0.2, 0.25) is 0 Å². The van der Waals surface area contributed by atoms with Crippen LogP contribution in [0.2, 0.25) is 0 Å². The second-order valence-corrected chi connectivity index (χ2v) is 3.14. The second-order valence-electron chi connectivity index (χ2n) is 3.14. The molecule has 1 aromatic heterocycles.